The van der Waals surface area contributed by atoms with Crippen molar-refractivity contribution in [3.05, 3.63) is 36.2 Å². The summed E-state index contributed by atoms with van der Waals surface area (Å²) in [5.41, 5.74) is 6.19. The van der Waals surface area contributed by atoms with Crippen LogP contribution >= 0.6 is 0 Å². The second-order valence-corrected chi connectivity index (χ2v) is 3.54. The Morgan fingerprint density at radius 2 is 2.28 bits per heavy atom. The Morgan fingerprint density at radius 3 is 2.94 bits per heavy atom. The van der Waals surface area contributed by atoms with Gasteiger partial charge in [-0.15, -0.1) is 0 Å². The summed E-state index contributed by atoms with van der Waals surface area (Å²) in [7, 11) is 0. The third kappa shape index (κ3) is 2.62. The zero-order chi connectivity index (χ0) is 13.0. The summed E-state index contributed by atoms with van der Waals surface area (Å²) in [6, 6.07) is 3.11. The molecule has 0 saturated carbocycles. The van der Waals surface area contributed by atoms with Crippen molar-refractivity contribution in [3.63, 3.8) is 0 Å². The second-order valence-electron chi connectivity index (χ2n) is 3.54. The normalized spacial score (nSPS) is 10.3. The van der Waals surface area contributed by atoms with Crippen LogP contribution in [0.15, 0.2) is 24.7 Å². The van der Waals surface area contributed by atoms with Crippen LogP contribution in [0.2, 0.25) is 0 Å². The Bertz CT molecular complexity index is 535. The van der Waals surface area contributed by atoms with E-state index in [4.69, 9.17) is 10.5 Å². The summed E-state index contributed by atoms with van der Waals surface area (Å²) in [4.78, 5) is 19.5. The van der Waals surface area contributed by atoms with E-state index in [9.17, 15) is 4.79 Å². The lowest BCUT2D eigenvalue weighted by Crippen LogP contribution is -2.11. The van der Waals surface area contributed by atoms with Crippen molar-refractivity contribution in [2.75, 3.05) is 5.73 Å². The molecule has 0 atom stereocenters. The van der Waals surface area contributed by atoms with Crippen molar-refractivity contribution in [1.82, 2.24) is 19.7 Å². The number of esters is 1. The molecule has 7 heteroatoms. The van der Waals surface area contributed by atoms with Crippen molar-refractivity contribution in [2.45, 2.75) is 20.1 Å². The first-order valence-electron chi connectivity index (χ1n) is 5.46. The van der Waals surface area contributed by atoms with E-state index >= 15 is 0 Å². The topological polar surface area (TPSA) is 95.9 Å². The van der Waals surface area contributed by atoms with Crippen LogP contribution in [0.5, 0.6) is 0 Å². The van der Waals surface area contributed by atoms with E-state index in [1.807, 2.05) is 6.92 Å². The SMILES string of the molecule is CCn1ncnc1COC(=O)c1ccc(N)cn1. The third-order valence-corrected chi connectivity index (χ3v) is 2.32. The Morgan fingerprint density at radius 1 is 1.44 bits per heavy atom. The molecule has 2 heterocycles. The molecule has 0 aliphatic carbocycles. The largest absolute Gasteiger partial charge is 0.453 e. The van der Waals surface area contributed by atoms with Gasteiger partial charge in [0.25, 0.3) is 0 Å². The molecule has 7 nitrogen and oxygen atoms in total. The number of anilines is 1. The minimum atomic E-state index is -0.513. The van der Waals surface area contributed by atoms with Gasteiger partial charge in [-0.2, -0.15) is 5.10 Å². The fraction of sp³-hybridized carbons (Fsp3) is 0.273. The molecule has 2 aromatic rings. The molecule has 0 fully saturated rings. The molecule has 2 N–H and O–H groups in total. The van der Waals surface area contributed by atoms with E-state index in [1.54, 1.807) is 10.7 Å². The number of hydrogen-bond acceptors (Lipinski definition) is 6. The van der Waals surface area contributed by atoms with Gasteiger partial charge in [0.2, 0.25) is 0 Å². The molecule has 94 valence electrons. The first kappa shape index (κ1) is 12.0. The highest BCUT2D eigenvalue weighted by atomic mass is 16.5. The number of carbonyl (C=O) groups excluding carboxylic acids is 1. The lowest BCUT2D eigenvalue weighted by atomic mass is 10.3. The van der Waals surface area contributed by atoms with Gasteiger partial charge in [0.1, 0.15) is 12.0 Å². The van der Waals surface area contributed by atoms with Crippen LogP contribution in [0.1, 0.15) is 23.2 Å². The summed E-state index contributed by atoms with van der Waals surface area (Å²) < 4.78 is 6.75. The molecule has 0 amide bonds. The van der Waals surface area contributed by atoms with E-state index in [1.165, 1.54) is 18.6 Å². The quantitative estimate of drug-likeness (QED) is 0.796. The number of rotatable bonds is 4. The highest BCUT2D eigenvalue weighted by molar-refractivity contribution is 5.87. The number of aryl methyl sites for hydroxylation is 1. The van der Waals surface area contributed by atoms with Crippen LogP contribution in [-0.4, -0.2) is 25.7 Å². The van der Waals surface area contributed by atoms with Gasteiger partial charge in [-0.1, -0.05) is 0 Å². The number of carbonyl (C=O) groups is 1. The molecule has 0 aliphatic heterocycles. The van der Waals surface area contributed by atoms with Gasteiger partial charge in [-0.05, 0) is 19.1 Å². The van der Waals surface area contributed by atoms with Crippen LogP contribution in [0, 0.1) is 0 Å². The molecule has 0 aliphatic rings. The fourth-order valence-electron chi connectivity index (χ4n) is 1.39. The zero-order valence-electron chi connectivity index (χ0n) is 9.91. The van der Waals surface area contributed by atoms with Gasteiger partial charge in [-0.25, -0.2) is 19.4 Å². The maximum atomic E-state index is 11.7. The van der Waals surface area contributed by atoms with Gasteiger partial charge >= 0.3 is 5.97 Å². The summed E-state index contributed by atoms with van der Waals surface area (Å²) >= 11 is 0. The number of pyridine rings is 1. The Hall–Kier alpha value is -2.44. The lowest BCUT2D eigenvalue weighted by molar-refractivity contribution is 0.0450. The Kier molecular flexibility index (Phi) is 3.52. The van der Waals surface area contributed by atoms with E-state index in [2.05, 4.69) is 15.1 Å². The van der Waals surface area contributed by atoms with Crippen molar-refractivity contribution in [1.29, 1.82) is 0 Å². The van der Waals surface area contributed by atoms with Crippen LogP contribution in [-0.2, 0) is 17.9 Å². The predicted molar refractivity (Wildman–Crippen MR) is 63.5 cm³/mol. The number of nitrogens with zero attached hydrogens (tertiary/aromatic N) is 4. The standard InChI is InChI=1S/C11H13N5O2/c1-2-16-10(14-7-15-16)6-18-11(17)9-4-3-8(12)5-13-9/h3-5,7H,2,6,12H2,1H3. The minimum absolute atomic E-state index is 0.0682. The number of hydrogen-bond donors (Lipinski definition) is 1. The van der Waals surface area contributed by atoms with Crippen molar-refractivity contribution < 1.29 is 9.53 Å². The number of nitrogens with two attached hydrogens (primary N) is 1. The second kappa shape index (κ2) is 5.26. The maximum Gasteiger partial charge on any atom is 0.357 e. The van der Waals surface area contributed by atoms with Crippen LogP contribution in [0.4, 0.5) is 5.69 Å². The first-order chi connectivity index (χ1) is 8.70. The van der Waals surface area contributed by atoms with Gasteiger partial charge in [-0.3, -0.25) is 0 Å². The molecule has 0 unspecified atom stereocenters. The molecule has 0 aromatic carbocycles. The zero-order valence-corrected chi connectivity index (χ0v) is 9.91. The van der Waals surface area contributed by atoms with Gasteiger partial charge in [0.15, 0.2) is 12.4 Å². The molecule has 18 heavy (non-hydrogen) atoms. The highest BCUT2D eigenvalue weighted by Gasteiger charge is 2.11. The van der Waals surface area contributed by atoms with E-state index in [-0.39, 0.29) is 12.3 Å². The molecule has 0 radical (unpaired) electrons. The minimum Gasteiger partial charge on any atom is -0.453 e. The predicted octanol–water partition coefficient (Wildman–Crippen LogP) is 0.632. The van der Waals surface area contributed by atoms with Crippen LogP contribution < -0.4 is 5.73 Å². The monoisotopic (exact) mass is 247 g/mol. The van der Waals surface area contributed by atoms with E-state index in [0.29, 0.717) is 18.1 Å². The van der Waals surface area contributed by atoms with Crippen molar-refractivity contribution in [3.8, 4) is 0 Å². The van der Waals surface area contributed by atoms with Crippen molar-refractivity contribution in [2.24, 2.45) is 0 Å². The third-order valence-electron chi connectivity index (χ3n) is 2.32. The highest BCUT2D eigenvalue weighted by Crippen LogP contribution is 2.04. The molecule has 0 spiro atoms. The Labute approximate surface area is 104 Å². The molecular formula is C11H13N5O2. The summed E-state index contributed by atoms with van der Waals surface area (Å²) in [5.74, 6) is 0.0851. The average Bonchev–Trinajstić information content (AvgIpc) is 2.84. The maximum absolute atomic E-state index is 11.7. The van der Waals surface area contributed by atoms with Crippen LogP contribution in [0.25, 0.3) is 0 Å². The number of ether oxygens (including phenoxy) is 1. The molecule has 0 bridgehead atoms. The lowest BCUT2D eigenvalue weighted by Gasteiger charge is -2.05. The molecule has 0 saturated heterocycles. The van der Waals surface area contributed by atoms with E-state index < -0.39 is 5.97 Å². The van der Waals surface area contributed by atoms with Crippen LogP contribution in [0.3, 0.4) is 0 Å². The molecular weight excluding hydrogens is 234 g/mol. The van der Waals surface area contributed by atoms with Gasteiger partial charge in [0.05, 0.1) is 11.9 Å². The average molecular weight is 247 g/mol. The summed E-state index contributed by atoms with van der Waals surface area (Å²) in [6.07, 6.45) is 2.83. The van der Waals surface area contributed by atoms with Gasteiger partial charge < -0.3 is 10.5 Å². The number of nitrogen functional groups attached to an aromatic ring is 1. The summed E-state index contributed by atoms with van der Waals surface area (Å²) in [5, 5.41) is 3.98. The van der Waals surface area contributed by atoms with E-state index in [0.717, 1.165) is 0 Å². The first-order valence-corrected chi connectivity index (χ1v) is 5.46. The Balaban J connectivity index is 1.98. The molecule has 2 aromatic heterocycles. The molecule has 2 rings (SSSR count). The van der Waals surface area contributed by atoms with Crippen molar-refractivity contribution >= 4 is 11.7 Å². The fourth-order valence-corrected chi connectivity index (χ4v) is 1.39. The summed E-state index contributed by atoms with van der Waals surface area (Å²) in [6.45, 7) is 2.67. The smallest absolute Gasteiger partial charge is 0.357 e. The van der Waals surface area contributed by atoms with Gasteiger partial charge in [0, 0.05) is 6.54 Å². The number of aromatic nitrogens is 4.